The van der Waals surface area contributed by atoms with Crippen LogP contribution in [0.1, 0.15) is 12.8 Å². The molecule has 0 bridgehead atoms. The van der Waals surface area contributed by atoms with Crippen LogP contribution >= 0.6 is 15.9 Å². The number of anilines is 1. The van der Waals surface area contributed by atoms with Crippen molar-refractivity contribution in [2.45, 2.75) is 18.4 Å². The Balaban J connectivity index is 2.24. The van der Waals surface area contributed by atoms with Gasteiger partial charge >= 0.3 is 5.97 Å². The molecule has 1 aromatic carbocycles. The van der Waals surface area contributed by atoms with E-state index in [0.717, 1.165) is 4.47 Å². The van der Waals surface area contributed by atoms with Gasteiger partial charge in [-0.3, -0.25) is 0 Å². The van der Waals surface area contributed by atoms with Crippen LogP contribution in [-0.4, -0.2) is 36.5 Å². The predicted molar refractivity (Wildman–Crippen MR) is 76.0 cm³/mol. The molecule has 1 heterocycles. The normalized spacial score (nSPS) is 20.7. The lowest BCUT2D eigenvalue weighted by molar-refractivity contribution is -0.142. The van der Waals surface area contributed by atoms with E-state index in [9.17, 15) is 18.3 Å². The van der Waals surface area contributed by atoms with Gasteiger partial charge in [0.1, 0.15) is 5.54 Å². The number of hydrogen-bond donors (Lipinski definition) is 2. The molecule has 0 radical (unpaired) electrons. The standard InChI is InChI=1S/C12H14BrNO4S/c13-9-2-1-3-10(8-9)14-12(11(15)16)4-6-19(17,18)7-5-12/h1-3,8,14H,4-7H2,(H,15,16). The highest BCUT2D eigenvalue weighted by Crippen LogP contribution is 2.29. The summed E-state index contributed by atoms with van der Waals surface area (Å²) in [5.41, 5.74) is -0.539. The topological polar surface area (TPSA) is 83.5 Å². The molecule has 0 unspecified atom stereocenters. The van der Waals surface area contributed by atoms with Gasteiger partial charge in [0.05, 0.1) is 11.5 Å². The second-order valence-electron chi connectivity index (χ2n) is 4.67. The van der Waals surface area contributed by atoms with Gasteiger partial charge in [-0.1, -0.05) is 22.0 Å². The van der Waals surface area contributed by atoms with Crippen LogP contribution in [-0.2, 0) is 14.6 Å². The van der Waals surface area contributed by atoms with E-state index in [1.165, 1.54) is 0 Å². The van der Waals surface area contributed by atoms with Crippen molar-refractivity contribution in [3.8, 4) is 0 Å². The minimum Gasteiger partial charge on any atom is -0.480 e. The number of carboxylic acid groups (broad SMARTS) is 1. The first kappa shape index (κ1) is 14.3. The van der Waals surface area contributed by atoms with Crippen LogP contribution in [0.25, 0.3) is 0 Å². The molecule has 1 saturated heterocycles. The maximum atomic E-state index is 11.5. The van der Waals surface area contributed by atoms with Gasteiger partial charge in [-0.15, -0.1) is 0 Å². The average Bonchev–Trinajstić information content (AvgIpc) is 2.32. The molecule has 0 spiro atoms. The number of hydrogen-bond acceptors (Lipinski definition) is 4. The van der Waals surface area contributed by atoms with Crippen LogP contribution in [0.4, 0.5) is 5.69 Å². The smallest absolute Gasteiger partial charge is 0.329 e. The molecule has 1 aliphatic rings. The number of sulfone groups is 1. The summed E-state index contributed by atoms with van der Waals surface area (Å²) in [4.78, 5) is 11.5. The second-order valence-corrected chi connectivity index (χ2v) is 7.89. The van der Waals surface area contributed by atoms with Gasteiger partial charge in [0.15, 0.2) is 9.84 Å². The number of carboxylic acids is 1. The number of benzene rings is 1. The molecule has 0 aromatic heterocycles. The van der Waals surface area contributed by atoms with Gasteiger partial charge < -0.3 is 10.4 Å². The Kier molecular flexibility index (Phi) is 3.87. The average molecular weight is 348 g/mol. The van der Waals surface area contributed by atoms with E-state index < -0.39 is 21.3 Å². The van der Waals surface area contributed by atoms with Gasteiger partial charge in [-0.2, -0.15) is 0 Å². The molecule has 19 heavy (non-hydrogen) atoms. The Morgan fingerprint density at radius 3 is 2.47 bits per heavy atom. The fourth-order valence-electron chi connectivity index (χ4n) is 2.12. The zero-order chi connectivity index (χ0) is 14.1. The predicted octanol–water partition coefficient (Wildman–Crippen LogP) is 1.89. The second kappa shape index (κ2) is 5.13. The summed E-state index contributed by atoms with van der Waals surface area (Å²) in [5.74, 6) is -1.21. The van der Waals surface area contributed by atoms with Gasteiger partial charge in [-0.25, -0.2) is 13.2 Å². The third-order valence-corrected chi connectivity index (χ3v) is 5.44. The number of carbonyl (C=O) groups is 1. The third-order valence-electron chi connectivity index (χ3n) is 3.30. The quantitative estimate of drug-likeness (QED) is 0.872. The molecule has 7 heteroatoms. The minimum atomic E-state index is -3.10. The molecule has 5 nitrogen and oxygen atoms in total. The molecule has 0 atom stereocenters. The van der Waals surface area contributed by atoms with Crippen LogP contribution in [0.15, 0.2) is 28.7 Å². The highest BCUT2D eigenvalue weighted by Gasteiger charge is 2.43. The molecule has 0 amide bonds. The maximum Gasteiger partial charge on any atom is 0.329 e. The number of aliphatic carboxylic acids is 1. The third kappa shape index (κ3) is 3.27. The Morgan fingerprint density at radius 2 is 1.95 bits per heavy atom. The molecule has 104 valence electrons. The molecular weight excluding hydrogens is 334 g/mol. The van der Waals surface area contributed by atoms with Gasteiger partial charge in [0.2, 0.25) is 0 Å². The van der Waals surface area contributed by atoms with Crippen LogP contribution < -0.4 is 5.32 Å². The van der Waals surface area contributed by atoms with E-state index in [1.807, 2.05) is 6.07 Å². The number of nitrogens with one attached hydrogen (secondary N) is 1. The van der Waals surface area contributed by atoms with Crippen LogP contribution in [0, 0.1) is 0 Å². The number of halogens is 1. The first-order chi connectivity index (χ1) is 8.83. The molecular formula is C12H14BrNO4S. The molecule has 0 aliphatic carbocycles. The zero-order valence-electron chi connectivity index (χ0n) is 10.1. The first-order valence-electron chi connectivity index (χ1n) is 5.81. The van der Waals surface area contributed by atoms with E-state index in [2.05, 4.69) is 21.2 Å². The van der Waals surface area contributed by atoms with Crippen LogP contribution in [0.2, 0.25) is 0 Å². The SMILES string of the molecule is O=C(O)C1(Nc2cccc(Br)c2)CCS(=O)(=O)CC1. The van der Waals surface area contributed by atoms with E-state index in [-0.39, 0.29) is 24.3 Å². The highest BCUT2D eigenvalue weighted by atomic mass is 79.9. The Labute approximate surface area is 120 Å². The summed E-state index contributed by atoms with van der Waals surface area (Å²) < 4.78 is 23.7. The Morgan fingerprint density at radius 1 is 1.32 bits per heavy atom. The van der Waals surface area contributed by atoms with Crippen molar-refractivity contribution in [3.63, 3.8) is 0 Å². The van der Waals surface area contributed by atoms with E-state index in [4.69, 9.17) is 0 Å². The molecule has 2 N–H and O–H groups in total. The van der Waals surface area contributed by atoms with Gasteiger partial charge in [-0.05, 0) is 31.0 Å². The van der Waals surface area contributed by atoms with Crippen LogP contribution in [0.3, 0.4) is 0 Å². The van der Waals surface area contributed by atoms with E-state index >= 15 is 0 Å². The minimum absolute atomic E-state index is 0.0805. The first-order valence-corrected chi connectivity index (χ1v) is 8.42. The Bertz CT molecular complexity index is 586. The summed E-state index contributed by atoms with van der Waals surface area (Å²) in [6.07, 6.45) is 0.161. The van der Waals surface area contributed by atoms with Gasteiger partial charge in [0.25, 0.3) is 0 Å². The lowest BCUT2D eigenvalue weighted by Crippen LogP contribution is -2.51. The van der Waals surface area contributed by atoms with Crippen molar-refractivity contribution in [1.82, 2.24) is 0 Å². The summed E-state index contributed by atoms with van der Waals surface area (Å²) in [5, 5.41) is 12.4. The van der Waals surface area contributed by atoms with Crippen molar-refractivity contribution < 1.29 is 18.3 Å². The van der Waals surface area contributed by atoms with Crippen molar-refractivity contribution in [3.05, 3.63) is 28.7 Å². The van der Waals surface area contributed by atoms with Crippen molar-refractivity contribution in [1.29, 1.82) is 0 Å². The monoisotopic (exact) mass is 347 g/mol. The van der Waals surface area contributed by atoms with Crippen molar-refractivity contribution >= 4 is 37.4 Å². The zero-order valence-corrected chi connectivity index (χ0v) is 12.5. The fourth-order valence-corrected chi connectivity index (χ4v) is 4.04. The molecule has 2 rings (SSSR count). The molecule has 1 aromatic rings. The van der Waals surface area contributed by atoms with Crippen molar-refractivity contribution in [2.75, 3.05) is 16.8 Å². The lowest BCUT2D eigenvalue weighted by atomic mass is 9.92. The van der Waals surface area contributed by atoms with Crippen LogP contribution in [0.5, 0.6) is 0 Å². The fraction of sp³-hybridized carbons (Fsp3) is 0.417. The lowest BCUT2D eigenvalue weighted by Gasteiger charge is -2.34. The summed E-state index contributed by atoms with van der Waals surface area (Å²) in [6.45, 7) is 0. The summed E-state index contributed by atoms with van der Waals surface area (Å²) in [7, 11) is -3.10. The highest BCUT2D eigenvalue weighted by molar-refractivity contribution is 9.10. The maximum absolute atomic E-state index is 11.5. The van der Waals surface area contributed by atoms with Gasteiger partial charge in [0, 0.05) is 10.2 Å². The van der Waals surface area contributed by atoms with E-state index in [0.29, 0.717) is 5.69 Å². The summed E-state index contributed by atoms with van der Waals surface area (Å²) >= 11 is 3.32. The Hall–Kier alpha value is -1.08. The number of rotatable bonds is 3. The largest absolute Gasteiger partial charge is 0.480 e. The molecule has 0 saturated carbocycles. The molecule has 1 fully saturated rings. The van der Waals surface area contributed by atoms with E-state index in [1.54, 1.807) is 18.2 Å². The van der Waals surface area contributed by atoms with Crippen molar-refractivity contribution in [2.24, 2.45) is 0 Å². The summed E-state index contributed by atoms with van der Waals surface area (Å²) in [6, 6.07) is 7.16. The molecule has 1 aliphatic heterocycles.